The van der Waals surface area contributed by atoms with Crippen LogP contribution in [-0.4, -0.2) is 22.2 Å². The molecule has 0 aliphatic carbocycles. The zero-order valence-electron chi connectivity index (χ0n) is 15.8. The van der Waals surface area contributed by atoms with Gasteiger partial charge in [0.05, 0.1) is 11.4 Å². The van der Waals surface area contributed by atoms with Crippen LogP contribution in [0.2, 0.25) is 5.02 Å². The van der Waals surface area contributed by atoms with Gasteiger partial charge in [0.15, 0.2) is 0 Å². The Labute approximate surface area is 174 Å². The Hall–Kier alpha value is -3.37. The fourth-order valence-electron chi connectivity index (χ4n) is 3.13. The van der Waals surface area contributed by atoms with Gasteiger partial charge in [-0.1, -0.05) is 72.3 Å². The van der Waals surface area contributed by atoms with Crippen molar-refractivity contribution in [2.75, 3.05) is 6.54 Å². The highest BCUT2D eigenvalue weighted by Crippen LogP contribution is 2.22. The molecule has 1 amide bonds. The summed E-state index contributed by atoms with van der Waals surface area (Å²) in [5.41, 5.74) is 4.15. The van der Waals surface area contributed by atoms with Crippen LogP contribution in [0.1, 0.15) is 16.1 Å². The molecule has 5 heteroatoms. The van der Waals surface area contributed by atoms with Gasteiger partial charge in [0.1, 0.15) is 5.69 Å². The smallest absolute Gasteiger partial charge is 0.270 e. The number of carbonyl (C=O) groups is 1. The number of hydrogen-bond acceptors (Lipinski definition) is 2. The summed E-state index contributed by atoms with van der Waals surface area (Å²) in [4.78, 5) is 12.9. The lowest BCUT2D eigenvalue weighted by Crippen LogP contribution is -2.27. The van der Waals surface area contributed by atoms with E-state index in [1.54, 1.807) is 16.8 Å². The molecule has 0 atom stereocenters. The van der Waals surface area contributed by atoms with Gasteiger partial charge >= 0.3 is 0 Å². The summed E-state index contributed by atoms with van der Waals surface area (Å²) in [6, 6.07) is 29.0. The van der Waals surface area contributed by atoms with E-state index in [2.05, 4.69) is 22.5 Å². The van der Waals surface area contributed by atoms with Crippen LogP contribution in [-0.2, 0) is 6.42 Å². The van der Waals surface area contributed by atoms with E-state index in [0.29, 0.717) is 17.3 Å². The average Bonchev–Trinajstić information content (AvgIpc) is 3.21. The second-order valence-electron chi connectivity index (χ2n) is 6.66. The molecule has 3 aromatic carbocycles. The maximum Gasteiger partial charge on any atom is 0.270 e. The number of amides is 1. The second kappa shape index (κ2) is 8.76. The first-order valence-corrected chi connectivity index (χ1v) is 9.82. The van der Waals surface area contributed by atoms with Gasteiger partial charge in [-0.15, -0.1) is 0 Å². The highest BCUT2D eigenvalue weighted by molar-refractivity contribution is 6.30. The molecule has 4 nitrogen and oxygen atoms in total. The van der Waals surface area contributed by atoms with E-state index in [1.807, 2.05) is 66.7 Å². The molecule has 0 fully saturated rings. The Balaban J connectivity index is 1.60. The van der Waals surface area contributed by atoms with Crippen LogP contribution in [0.15, 0.2) is 91.0 Å². The zero-order valence-corrected chi connectivity index (χ0v) is 16.5. The van der Waals surface area contributed by atoms with E-state index in [-0.39, 0.29) is 5.91 Å². The van der Waals surface area contributed by atoms with Crippen molar-refractivity contribution in [3.05, 3.63) is 107 Å². The number of halogens is 1. The van der Waals surface area contributed by atoms with Crippen LogP contribution in [0.3, 0.4) is 0 Å². The normalized spacial score (nSPS) is 10.7. The van der Waals surface area contributed by atoms with Gasteiger partial charge in [-0.05, 0) is 42.3 Å². The number of aromatic nitrogens is 2. The molecule has 0 aliphatic rings. The summed E-state index contributed by atoms with van der Waals surface area (Å²) in [6.45, 7) is 0.551. The summed E-state index contributed by atoms with van der Waals surface area (Å²) in [6.07, 6.45) is 0.771. The molecule has 1 aromatic heterocycles. The number of hydrogen-bond donors (Lipinski definition) is 1. The molecule has 0 bridgehead atoms. The molecule has 1 N–H and O–H groups in total. The lowest BCUT2D eigenvalue weighted by atomic mass is 10.1. The quantitative estimate of drug-likeness (QED) is 0.484. The van der Waals surface area contributed by atoms with E-state index in [1.165, 1.54) is 5.56 Å². The van der Waals surface area contributed by atoms with Crippen molar-refractivity contribution in [3.8, 4) is 16.9 Å². The third kappa shape index (κ3) is 4.55. The predicted octanol–water partition coefficient (Wildman–Crippen LogP) is 5.17. The van der Waals surface area contributed by atoms with Crippen molar-refractivity contribution in [2.45, 2.75) is 6.42 Å². The molecule has 0 saturated carbocycles. The number of nitrogens with one attached hydrogen (secondary N) is 1. The number of carbonyl (C=O) groups excluding carboxylic acids is 1. The largest absolute Gasteiger partial charge is 0.350 e. The topological polar surface area (TPSA) is 46.9 Å². The summed E-state index contributed by atoms with van der Waals surface area (Å²) in [5, 5.41) is 8.33. The third-order valence-corrected chi connectivity index (χ3v) is 4.88. The molecule has 0 unspecified atom stereocenters. The van der Waals surface area contributed by atoms with Crippen molar-refractivity contribution in [2.24, 2.45) is 0 Å². The molecule has 0 saturated heterocycles. The van der Waals surface area contributed by atoms with Crippen molar-refractivity contribution in [1.82, 2.24) is 15.1 Å². The first-order valence-electron chi connectivity index (χ1n) is 9.44. The van der Waals surface area contributed by atoms with Crippen molar-refractivity contribution >= 4 is 17.5 Å². The van der Waals surface area contributed by atoms with E-state index in [0.717, 1.165) is 23.4 Å². The lowest BCUT2D eigenvalue weighted by Gasteiger charge is -2.08. The molecule has 144 valence electrons. The maximum atomic E-state index is 12.9. The maximum absolute atomic E-state index is 12.9. The number of benzene rings is 3. The Morgan fingerprint density at radius 2 is 1.55 bits per heavy atom. The Morgan fingerprint density at radius 3 is 2.24 bits per heavy atom. The lowest BCUT2D eigenvalue weighted by molar-refractivity contribution is 0.0946. The van der Waals surface area contributed by atoms with Gasteiger partial charge in [-0.3, -0.25) is 4.79 Å². The Morgan fingerprint density at radius 1 is 0.897 bits per heavy atom. The predicted molar refractivity (Wildman–Crippen MR) is 116 cm³/mol. The van der Waals surface area contributed by atoms with Crippen LogP contribution < -0.4 is 5.32 Å². The zero-order chi connectivity index (χ0) is 20.1. The highest BCUT2D eigenvalue weighted by Gasteiger charge is 2.17. The highest BCUT2D eigenvalue weighted by atomic mass is 35.5. The van der Waals surface area contributed by atoms with E-state index in [4.69, 9.17) is 11.6 Å². The van der Waals surface area contributed by atoms with Gasteiger partial charge in [0.25, 0.3) is 5.91 Å². The first kappa shape index (κ1) is 19.0. The van der Waals surface area contributed by atoms with E-state index in [9.17, 15) is 4.79 Å². The molecule has 0 radical (unpaired) electrons. The minimum absolute atomic E-state index is 0.162. The van der Waals surface area contributed by atoms with E-state index < -0.39 is 0 Å². The fraction of sp³-hybridized carbons (Fsp3) is 0.0833. The van der Waals surface area contributed by atoms with Gasteiger partial charge in [0, 0.05) is 17.1 Å². The van der Waals surface area contributed by atoms with Crippen LogP contribution >= 0.6 is 11.6 Å². The minimum atomic E-state index is -0.162. The van der Waals surface area contributed by atoms with Gasteiger partial charge in [-0.25, -0.2) is 4.68 Å². The van der Waals surface area contributed by atoms with Gasteiger partial charge in [0.2, 0.25) is 0 Å². The standard InChI is InChI=1S/C24H20ClN3O/c25-20-11-13-21(14-12-20)28-23(17-22(27-28)19-9-5-2-6-10-19)24(29)26-16-15-18-7-3-1-4-8-18/h1-14,17H,15-16H2,(H,26,29). The second-order valence-corrected chi connectivity index (χ2v) is 7.10. The first-order chi connectivity index (χ1) is 14.2. The SMILES string of the molecule is O=C(NCCc1ccccc1)c1cc(-c2ccccc2)nn1-c1ccc(Cl)cc1. The molecule has 0 spiro atoms. The van der Waals surface area contributed by atoms with Crippen LogP contribution in [0, 0.1) is 0 Å². The summed E-state index contributed by atoms with van der Waals surface area (Å²) in [5.74, 6) is -0.162. The van der Waals surface area contributed by atoms with Crippen molar-refractivity contribution in [1.29, 1.82) is 0 Å². The summed E-state index contributed by atoms with van der Waals surface area (Å²) in [7, 11) is 0. The monoisotopic (exact) mass is 401 g/mol. The average molecular weight is 402 g/mol. The molecule has 4 aromatic rings. The van der Waals surface area contributed by atoms with E-state index >= 15 is 0 Å². The van der Waals surface area contributed by atoms with Gasteiger partial charge in [-0.2, -0.15) is 5.10 Å². The molecular formula is C24H20ClN3O. The molecule has 4 rings (SSSR count). The number of nitrogens with zero attached hydrogens (tertiary/aromatic N) is 2. The third-order valence-electron chi connectivity index (χ3n) is 4.62. The molecular weight excluding hydrogens is 382 g/mol. The Kier molecular flexibility index (Phi) is 5.73. The van der Waals surface area contributed by atoms with Crippen LogP contribution in [0.5, 0.6) is 0 Å². The number of rotatable bonds is 6. The summed E-state index contributed by atoms with van der Waals surface area (Å²) >= 11 is 6.02. The van der Waals surface area contributed by atoms with Gasteiger partial charge < -0.3 is 5.32 Å². The molecule has 29 heavy (non-hydrogen) atoms. The molecule has 1 heterocycles. The minimum Gasteiger partial charge on any atom is -0.350 e. The van der Waals surface area contributed by atoms with Crippen LogP contribution in [0.25, 0.3) is 16.9 Å². The fourth-order valence-corrected chi connectivity index (χ4v) is 3.25. The Bertz CT molecular complexity index is 1090. The van der Waals surface area contributed by atoms with Crippen molar-refractivity contribution < 1.29 is 4.79 Å². The summed E-state index contributed by atoms with van der Waals surface area (Å²) < 4.78 is 1.66. The van der Waals surface area contributed by atoms with Crippen molar-refractivity contribution in [3.63, 3.8) is 0 Å². The molecule has 0 aliphatic heterocycles. The van der Waals surface area contributed by atoms with Crippen LogP contribution in [0.4, 0.5) is 0 Å².